The molecule has 2 heterocycles. The maximum Gasteiger partial charge on any atom is 0.162 e. The third-order valence-electron chi connectivity index (χ3n) is 6.49. The van der Waals surface area contributed by atoms with Crippen molar-refractivity contribution in [1.82, 2.24) is 0 Å². The van der Waals surface area contributed by atoms with Gasteiger partial charge in [-0.25, -0.2) is 4.99 Å². The molecule has 0 bridgehead atoms. The lowest BCUT2D eigenvalue weighted by molar-refractivity contribution is -0.118. The summed E-state index contributed by atoms with van der Waals surface area (Å²) in [6.07, 6.45) is 1.14. The van der Waals surface area contributed by atoms with E-state index >= 15 is 0 Å². The Morgan fingerprint density at radius 2 is 1.91 bits per heavy atom. The number of aliphatic imine (C=N–C) groups is 1. The van der Waals surface area contributed by atoms with Crippen molar-refractivity contribution in [3.8, 4) is 11.8 Å². The van der Waals surface area contributed by atoms with Crippen molar-refractivity contribution in [3.05, 3.63) is 82.3 Å². The van der Waals surface area contributed by atoms with E-state index in [4.69, 9.17) is 15.5 Å². The molecule has 0 fully saturated rings. The summed E-state index contributed by atoms with van der Waals surface area (Å²) in [6, 6.07) is 17.8. The number of allylic oxidation sites excluding steroid dienone is 3. The Morgan fingerprint density at radius 3 is 2.61 bits per heavy atom. The van der Waals surface area contributed by atoms with Crippen molar-refractivity contribution in [2.75, 3.05) is 11.5 Å². The Hall–Kier alpha value is -3.85. The number of anilines is 1. The first-order chi connectivity index (χ1) is 15.8. The third kappa shape index (κ3) is 3.32. The van der Waals surface area contributed by atoms with Crippen LogP contribution in [-0.2, 0) is 4.79 Å². The summed E-state index contributed by atoms with van der Waals surface area (Å²) in [4.78, 5) is 20.3. The van der Waals surface area contributed by atoms with Crippen LogP contribution >= 0.6 is 0 Å². The quantitative estimate of drug-likeness (QED) is 0.744. The number of nitrogens with two attached hydrogens (primary N) is 1. The van der Waals surface area contributed by atoms with Crippen molar-refractivity contribution < 1.29 is 9.53 Å². The number of hydrogen-bond donors (Lipinski definition) is 1. The summed E-state index contributed by atoms with van der Waals surface area (Å²) in [5.74, 6) is 1.23. The van der Waals surface area contributed by atoms with Gasteiger partial charge < -0.3 is 10.5 Å². The molecule has 0 aromatic heterocycles. The number of fused-ring (bicyclic) bond motifs is 4. The number of ketones is 1. The van der Waals surface area contributed by atoms with E-state index in [0.717, 1.165) is 28.3 Å². The van der Waals surface area contributed by atoms with Crippen LogP contribution in [-0.4, -0.2) is 18.2 Å². The van der Waals surface area contributed by atoms with Gasteiger partial charge in [-0.3, -0.25) is 9.69 Å². The van der Waals surface area contributed by atoms with E-state index in [-0.39, 0.29) is 11.2 Å². The molecule has 2 aromatic rings. The second-order valence-corrected chi connectivity index (χ2v) is 9.44. The van der Waals surface area contributed by atoms with Crippen molar-refractivity contribution in [2.24, 2.45) is 16.1 Å². The number of carbonyl (C=O) groups excluding carboxylic acids is 1. The predicted octanol–water partition coefficient (Wildman–Crippen LogP) is 4.79. The van der Waals surface area contributed by atoms with Crippen molar-refractivity contribution in [3.63, 3.8) is 0 Å². The highest BCUT2D eigenvalue weighted by molar-refractivity contribution is 6.08. The average molecular weight is 439 g/mol. The highest BCUT2D eigenvalue weighted by Gasteiger charge is 2.46. The van der Waals surface area contributed by atoms with E-state index in [9.17, 15) is 10.1 Å². The SMILES string of the molecule is CCOc1ccc(C2C(C#N)=C3N=C(N)c4ccccc4N3C3=C2C(=O)CC(C)(C)C3)cc1. The lowest BCUT2D eigenvalue weighted by atomic mass is 9.68. The van der Waals surface area contributed by atoms with Gasteiger partial charge in [0.1, 0.15) is 11.6 Å². The molecule has 2 aliphatic heterocycles. The number of rotatable bonds is 3. The molecule has 166 valence electrons. The zero-order valence-electron chi connectivity index (χ0n) is 19.1. The fraction of sp³-hybridized carbons (Fsp3) is 0.296. The van der Waals surface area contributed by atoms with Gasteiger partial charge in [-0.15, -0.1) is 0 Å². The second kappa shape index (κ2) is 7.63. The van der Waals surface area contributed by atoms with Gasteiger partial charge in [0.15, 0.2) is 11.6 Å². The number of benzene rings is 2. The van der Waals surface area contributed by atoms with E-state index in [0.29, 0.717) is 42.3 Å². The first-order valence-corrected chi connectivity index (χ1v) is 11.2. The maximum atomic E-state index is 13.6. The summed E-state index contributed by atoms with van der Waals surface area (Å²) in [5.41, 5.74) is 10.7. The molecule has 0 amide bonds. The number of carbonyl (C=O) groups is 1. The first kappa shape index (κ1) is 21.0. The fourth-order valence-corrected chi connectivity index (χ4v) is 5.15. The van der Waals surface area contributed by atoms with Gasteiger partial charge in [0.05, 0.1) is 29.9 Å². The predicted molar refractivity (Wildman–Crippen MR) is 128 cm³/mol. The van der Waals surface area contributed by atoms with Crippen LogP contribution in [0.15, 0.2) is 76.2 Å². The van der Waals surface area contributed by atoms with E-state index in [1.54, 1.807) is 0 Å². The molecule has 6 heteroatoms. The van der Waals surface area contributed by atoms with E-state index in [2.05, 4.69) is 19.9 Å². The monoisotopic (exact) mass is 438 g/mol. The lowest BCUT2D eigenvalue weighted by Gasteiger charge is -2.45. The van der Waals surface area contributed by atoms with Gasteiger partial charge in [0.2, 0.25) is 0 Å². The van der Waals surface area contributed by atoms with Crippen LogP contribution in [0.5, 0.6) is 5.75 Å². The Bertz CT molecular complexity index is 1290. The zero-order chi connectivity index (χ0) is 23.3. The van der Waals surface area contributed by atoms with E-state index in [1.807, 2.05) is 60.4 Å². The van der Waals surface area contributed by atoms with E-state index in [1.165, 1.54) is 0 Å². The molecular weight excluding hydrogens is 412 g/mol. The van der Waals surface area contributed by atoms with Crippen LogP contribution in [0.1, 0.15) is 50.7 Å². The minimum atomic E-state index is -0.489. The standard InChI is InChI=1S/C27H26N4O2/c1-4-33-17-11-9-16(10-12-17)23-19(15-28)26-30-25(29)18-7-5-6-8-20(18)31(26)21-13-27(2,3)14-22(32)24(21)23/h5-12,23H,4,13-14H2,1-3H3,(H2,29,30). The van der Waals surface area contributed by atoms with Gasteiger partial charge in [-0.05, 0) is 48.6 Å². The number of hydrogen-bond acceptors (Lipinski definition) is 6. The average Bonchev–Trinajstić information content (AvgIpc) is 2.78. The molecule has 3 aliphatic rings. The largest absolute Gasteiger partial charge is 0.494 e. The number of amidine groups is 1. The van der Waals surface area contributed by atoms with E-state index < -0.39 is 5.92 Å². The Labute approximate surface area is 193 Å². The molecule has 33 heavy (non-hydrogen) atoms. The lowest BCUT2D eigenvalue weighted by Crippen LogP contribution is -2.42. The molecule has 1 aliphatic carbocycles. The summed E-state index contributed by atoms with van der Waals surface area (Å²) >= 11 is 0. The third-order valence-corrected chi connectivity index (χ3v) is 6.49. The smallest absolute Gasteiger partial charge is 0.162 e. The number of nitriles is 1. The van der Waals surface area contributed by atoms with Gasteiger partial charge in [0, 0.05) is 23.3 Å². The molecule has 2 aromatic carbocycles. The van der Waals surface area contributed by atoms with Crippen LogP contribution < -0.4 is 15.4 Å². The molecule has 0 saturated carbocycles. The van der Waals surface area contributed by atoms with Crippen molar-refractivity contribution in [1.29, 1.82) is 5.26 Å². The summed E-state index contributed by atoms with van der Waals surface area (Å²) in [6.45, 7) is 6.72. The van der Waals surface area contributed by atoms with Crippen LogP contribution in [0.2, 0.25) is 0 Å². The molecule has 5 rings (SSSR count). The molecule has 0 spiro atoms. The minimum Gasteiger partial charge on any atom is -0.494 e. The van der Waals surface area contributed by atoms with Gasteiger partial charge in [-0.2, -0.15) is 5.26 Å². The minimum absolute atomic E-state index is 0.0759. The van der Waals surface area contributed by atoms with Gasteiger partial charge in [-0.1, -0.05) is 38.1 Å². The number of ether oxygens (including phenoxy) is 1. The molecule has 0 saturated heterocycles. The van der Waals surface area contributed by atoms with Crippen molar-refractivity contribution >= 4 is 17.3 Å². The highest BCUT2D eigenvalue weighted by atomic mass is 16.5. The molecule has 2 N–H and O–H groups in total. The normalized spacial score (nSPS) is 21.0. The Balaban J connectivity index is 1.78. The summed E-state index contributed by atoms with van der Waals surface area (Å²) in [7, 11) is 0. The molecule has 1 atom stereocenters. The van der Waals surface area contributed by atoms with Crippen LogP contribution in [0, 0.1) is 16.7 Å². The number of para-hydroxylation sites is 1. The molecular formula is C27H26N4O2. The van der Waals surface area contributed by atoms with Gasteiger partial charge >= 0.3 is 0 Å². The summed E-state index contributed by atoms with van der Waals surface area (Å²) in [5, 5.41) is 10.3. The van der Waals surface area contributed by atoms with Crippen LogP contribution in [0.3, 0.4) is 0 Å². The molecule has 6 nitrogen and oxygen atoms in total. The fourth-order valence-electron chi connectivity index (χ4n) is 5.15. The first-order valence-electron chi connectivity index (χ1n) is 11.2. The maximum absolute atomic E-state index is 13.6. The highest BCUT2D eigenvalue weighted by Crippen LogP contribution is 2.52. The number of Topliss-reactive ketones (excluding diaryl/α,β-unsaturated/α-hetero) is 1. The van der Waals surface area contributed by atoms with Crippen LogP contribution in [0.4, 0.5) is 5.69 Å². The number of nitrogens with zero attached hydrogens (tertiary/aromatic N) is 3. The zero-order valence-corrected chi connectivity index (χ0v) is 19.1. The van der Waals surface area contributed by atoms with Crippen LogP contribution in [0.25, 0.3) is 0 Å². The molecule has 1 unspecified atom stereocenters. The van der Waals surface area contributed by atoms with Crippen molar-refractivity contribution in [2.45, 2.75) is 39.5 Å². The molecule has 0 radical (unpaired) electrons. The topological polar surface area (TPSA) is 91.7 Å². The Morgan fingerprint density at radius 1 is 1.18 bits per heavy atom. The Kier molecular flexibility index (Phi) is 4.86. The summed E-state index contributed by atoms with van der Waals surface area (Å²) < 4.78 is 5.59. The second-order valence-electron chi connectivity index (χ2n) is 9.44. The van der Waals surface area contributed by atoms with Gasteiger partial charge in [0.25, 0.3) is 0 Å².